The zero-order valence-electron chi connectivity index (χ0n) is 18.0. The monoisotopic (exact) mass is 435 g/mol. The molecule has 0 saturated heterocycles. The van der Waals surface area contributed by atoms with Gasteiger partial charge < -0.3 is 19.9 Å². The molecule has 4 rings (SSSR count). The van der Waals surface area contributed by atoms with E-state index in [1.165, 1.54) is 10.6 Å². The van der Waals surface area contributed by atoms with Crippen LogP contribution in [-0.2, 0) is 38.4 Å². The smallest absolute Gasteiger partial charge is 0.270 e. The zero-order chi connectivity index (χ0) is 22.7. The van der Waals surface area contributed by atoms with Crippen LogP contribution in [0.25, 0.3) is 0 Å². The van der Waals surface area contributed by atoms with Gasteiger partial charge in [-0.25, -0.2) is 0 Å². The van der Waals surface area contributed by atoms with E-state index in [0.717, 1.165) is 16.8 Å². The largest absolute Gasteiger partial charge is 0.370 e. The van der Waals surface area contributed by atoms with Crippen LogP contribution in [0.1, 0.15) is 37.7 Å². The molecule has 0 fully saturated rings. The maximum absolute atomic E-state index is 12.9. The standard InChI is InChI=1S/C23H25N5O4/c1-27-10-6-9-17(23(27)31)21(29)25-13-16-11-18-19(14-32-16)26-28(2)20(18)22(30)24-12-15-7-4-3-5-8-15/h3-10,16H,11-14H2,1-2H3,(H,24,30)(H,25,29). The van der Waals surface area contributed by atoms with Gasteiger partial charge in [-0.15, -0.1) is 0 Å². The summed E-state index contributed by atoms with van der Waals surface area (Å²) in [5.74, 6) is -0.657. The first kappa shape index (κ1) is 21.5. The minimum atomic E-state index is -0.451. The molecule has 1 unspecified atom stereocenters. The number of benzene rings is 1. The van der Waals surface area contributed by atoms with Crippen LogP contribution in [0, 0.1) is 0 Å². The van der Waals surface area contributed by atoms with Crippen LogP contribution in [0.4, 0.5) is 0 Å². The van der Waals surface area contributed by atoms with Crippen molar-refractivity contribution in [3.8, 4) is 0 Å². The van der Waals surface area contributed by atoms with Crippen LogP contribution in [0.3, 0.4) is 0 Å². The van der Waals surface area contributed by atoms with Gasteiger partial charge in [0.15, 0.2) is 0 Å². The maximum atomic E-state index is 12.9. The topological polar surface area (TPSA) is 107 Å². The third kappa shape index (κ3) is 4.47. The molecule has 2 aromatic heterocycles. The number of hydrogen-bond acceptors (Lipinski definition) is 5. The van der Waals surface area contributed by atoms with Crippen molar-refractivity contribution in [3.63, 3.8) is 0 Å². The number of nitrogens with zero attached hydrogens (tertiary/aromatic N) is 3. The lowest BCUT2D eigenvalue weighted by Crippen LogP contribution is -2.39. The molecular formula is C23H25N5O4. The number of hydrogen-bond donors (Lipinski definition) is 2. The van der Waals surface area contributed by atoms with Gasteiger partial charge in [-0.2, -0.15) is 5.10 Å². The van der Waals surface area contributed by atoms with E-state index in [2.05, 4.69) is 15.7 Å². The van der Waals surface area contributed by atoms with Crippen molar-refractivity contribution in [2.45, 2.75) is 25.7 Å². The van der Waals surface area contributed by atoms with Crippen molar-refractivity contribution < 1.29 is 14.3 Å². The Hall–Kier alpha value is -3.72. The molecule has 3 aromatic rings. The van der Waals surface area contributed by atoms with Gasteiger partial charge in [-0.1, -0.05) is 30.3 Å². The molecule has 1 aromatic carbocycles. The summed E-state index contributed by atoms with van der Waals surface area (Å²) in [6, 6.07) is 12.8. The number of nitrogens with one attached hydrogen (secondary N) is 2. The molecular weight excluding hydrogens is 410 g/mol. The highest BCUT2D eigenvalue weighted by molar-refractivity contribution is 5.94. The van der Waals surface area contributed by atoms with Crippen LogP contribution in [0.5, 0.6) is 0 Å². The molecule has 0 radical (unpaired) electrons. The van der Waals surface area contributed by atoms with E-state index in [1.54, 1.807) is 31.0 Å². The van der Waals surface area contributed by atoms with E-state index in [-0.39, 0.29) is 36.3 Å². The summed E-state index contributed by atoms with van der Waals surface area (Å²) in [4.78, 5) is 37.5. The minimum absolute atomic E-state index is 0.0776. The third-order valence-electron chi connectivity index (χ3n) is 5.49. The SMILES string of the molecule is Cn1nc2c(c1C(=O)NCc1ccccc1)CC(CNC(=O)c1cccn(C)c1=O)OC2. The second-order valence-electron chi connectivity index (χ2n) is 7.75. The first-order valence-corrected chi connectivity index (χ1v) is 10.4. The fourth-order valence-corrected chi connectivity index (χ4v) is 3.79. The fourth-order valence-electron chi connectivity index (χ4n) is 3.79. The Bertz CT molecular complexity index is 1200. The Morgan fingerprint density at radius 3 is 2.66 bits per heavy atom. The van der Waals surface area contributed by atoms with Gasteiger partial charge in [0.2, 0.25) is 0 Å². The number of fused-ring (bicyclic) bond motifs is 1. The van der Waals surface area contributed by atoms with Gasteiger partial charge in [0.1, 0.15) is 11.3 Å². The van der Waals surface area contributed by atoms with Crippen molar-refractivity contribution in [1.29, 1.82) is 0 Å². The Morgan fingerprint density at radius 1 is 1.09 bits per heavy atom. The van der Waals surface area contributed by atoms with Crippen LogP contribution in [0.2, 0.25) is 0 Å². The first-order valence-electron chi connectivity index (χ1n) is 10.4. The predicted molar refractivity (Wildman–Crippen MR) is 117 cm³/mol. The van der Waals surface area contributed by atoms with Crippen molar-refractivity contribution in [3.05, 3.63) is 87.1 Å². The van der Waals surface area contributed by atoms with Gasteiger partial charge in [0, 0.05) is 45.4 Å². The molecule has 1 aliphatic heterocycles. The molecule has 32 heavy (non-hydrogen) atoms. The molecule has 2 N–H and O–H groups in total. The summed E-state index contributed by atoms with van der Waals surface area (Å²) in [7, 11) is 3.33. The summed E-state index contributed by atoms with van der Waals surface area (Å²) >= 11 is 0. The van der Waals surface area contributed by atoms with Crippen LogP contribution in [-0.4, -0.2) is 38.8 Å². The minimum Gasteiger partial charge on any atom is -0.370 e. The number of ether oxygens (including phenoxy) is 1. The van der Waals surface area contributed by atoms with Gasteiger partial charge in [0.05, 0.1) is 18.4 Å². The summed E-state index contributed by atoms with van der Waals surface area (Å²) in [5, 5.41) is 10.1. The number of aromatic nitrogens is 3. The van der Waals surface area contributed by atoms with Gasteiger partial charge in [-0.05, 0) is 17.7 Å². The molecule has 0 bridgehead atoms. The van der Waals surface area contributed by atoms with Crippen molar-refractivity contribution in [2.75, 3.05) is 6.54 Å². The van der Waals surface area contributed by atoms with Gasteiger partial charge in [0.25, 0.3) is 17.4 Å². The van der Waals surface area contributed by atoms with E-state index in [4.69, 9.17) is 4.74 Å². The number of pyridine rings is 1. The Morgan fingerprint density at radius 2 is 1.88 bits per heavy atom. The summed E-state index contributed by atoms with van der Waals surface area (Å²) < 4.78 is 8.74. The molecule has 166 valence electrons. The fraction of sp³-hybridized carbons (Fsp3) is 0.304. The predicted octanol–water partition coefficient (Wildman–Crippen LogP) is 0.920. The van der Waals surface area contributed by atoms with Crippen molar-refractivity contribution in [2.24, 2.45) is 14.1 Å². The van der Waals surface area contributed by atoms with E-state index in [9.17, 15) is 14.4 Å². The van der Waals surface area contributed by atoms with Gasteiger partial charge in [-0.3, -0.25) is 19.1 Å². The number of carbonyl (C=O) groups excluding carboxylic acids is 2. The summed E-state index contributed by atoms with van der Waals surface area (Å²) in [5.41, 5.74) is 2.76. The Labute approximate surface area is 185 Å². The average Bonchev–Trinajstić information content (AvgIpc) is 3.13. The lowest BCUT2D eigenvalue weighted by atomic mass is 10.0. The normalized spacial score (nSPS) is 15.1. The van der Waals surface area contributed by atoms with Crippen molar-refractivity contribution >= 4 is 11.8 Å². The third-order valence-corrected chi connectivity index (χ3v) is 5.49. The van der Waals surface area contributed by atoms with Crippen LogP contribution < -0.4 is 16.2 Å². The Balaban J connectivity index is 1.42. The maximum Gasteiger partial charge on any atom is 0.270 e. The first-order chi connectivity index (χ1) is 15.4. The molecule has 1 atom stereocenters. The molecule has 0 spiro atoms. The number of rotatable bonds is 6. The van der Waals surface area contributed by atoms with Crippen LogP contribution >= 0.6 is 0 Å². The molecule has 3 heterocycles. The highest BCUT2D eigenvalue weighted by Crippen LogP contribution is 2.23. The highest BCUT2D eigenvalue weighted by atomic mass is 16.5. The van der Waals surface area contributed by atoms with Crippen LogP contribution in [0.15, 0.2) is 53.5 Å². The average molecular weight is 435 g/mol. The summed E-state index contributed by atoms with van der Waals surface area (Å²) in [6.07, 6.45) is 1.70. The van der Waals surface area contributed by atoms with E-state index in [1.807, 2.05) is 30.3 Å². The zero-order valence-corrected chi connectivity index (χ0v) is 18.0. The van der Waals surface area contributed by atoms with E-state index >= 15 is 0 Å². The second-order valence-corrected chi connectivity index (χ2v) is 7.75. The molecule has 1 aliphatic rings. The molecule has 9 nitrogen and oxygen atoms in total. The second kappa shape index (κ2) is 9.19. The van der Waals surface area contributed by atoms with E-state index in [0.29, 0.717) is 18.7 Å². The van der Waals surface area contributed by atoms with E-state index < -0.39 is 5.91 Å². The molecule has 2 amide bonds. The lowest BCUT2D eigenvalue weighted by molar-refractivity contribution is 0.0265. The summed E-state index contributed by atoms with van der Waals surface area (Å²) in [6.45, 7) is 0.890. The molecule has 9 heteroatoms. The van der Waals surface area contributed by atoms with Gasteiger partial charge >= 0.3 is 0 Å². The number of aryl methyl sites for hydroxylation is 2. The Kier molecular flexibility index (Phi) is 6.18. The molecule has 0 aliphatic carbocycles. The number of amides is 2. The highest BCUT2D eigenvalue weighted by Gasteiger charge is 2.29. The van der Waals surface area contributed by atoms with Crippen molar-refractivity contribution in [1.82, 2.24) is 25.0 Å². The quantitative estimate of drug-likeness (QED) is 0.599. The lowest BCUT2D eigenvalue weighted by Gasteiger charge is -2.23. The number of carbonyl (C=O) groups is 2. The molecule has 0 saturated carbocycles.